The third-order valence-corrected chi connectivity index (χ3v) is 3.88. The van der Waals surface area contributed by atoms with Crippen molar-refractivity contribution in [2.45, 2.75) is 19.4 Å². The summed E-state index contributed by atoms with van der Waals surface area (Å²) in [6.45, 7) is 2.11. The van der Waals surface area contributed by atoms with Crippen LogP contribution in [0.25, 0.3) is 0 Å². The molecule has 74 valence electrons. The number of thiazole rings is 1. The van der Waals surface area contributed by atoms with E-state index in [0.717, 1.165) is 6.42 Å². The molecule has 2 aromatic rings. The molecule has 0 aliphatic heterocycles. The van der Waals surface area contributed by atoms with Crippen LogP contribution in [-0.2, 0) is 6.42 Å². The van der Waals surface area contributed by atoms with Crippen molar-refractivity contribution in [2.75, 3.05) is 0 Å². The Balaban J connectivity index is 2.10. The van der Waals surface area contributed by atoms with E-state index in [-0.39, 0.29) is 6.04 Å². The fourth-order valence-corrected chi connectivity index (χ4v) is 2.99. The van der Waals surface area contributed by atoms with Gasteiger partial charge in [0.15, 0.2) is 0 Å². The van der Waals surface area contributed by atoms with E-state index in [1.807, 2.05) is 11.7 Å². The zero-order valence-electron chi connectivity index (χ0n) is 7.93. The minimum absolute atomic E-state index is 0.113. The molecular weight excluding hydrogens is 212 g/mol. The van der Waals surface area contributed by atoms with Crippen molar-refractivity contribution < 1.29 is 0 Å². The molecule has 4 heteroatoms. The minimum Gasteiger partial charge on any atom is -0.324 e. The molecule has 0 saturated carbocycles. The fourth-order valence-electron chi connectivity index (χ4n) is 1.42. The molecule has 0 aliphatic rings. The molecule has 0 amide bonds. The monoisotopic (exact) mass is 224 g/mol. The van der Waals surface area contributed by atoms with Gasteiger partial charge in [-0.25, -0.2) is 0 Å². The van der Waals surface area contributed by atoms with Crippen LogP contribution in [0.4, 0.5) is 0 Å². The summed E-state index contributed by atoms with van der Waals surface area (Å²) in [6.07, 6.45) is 2.79. The summed E-state index contributed by atoms with van der Waals surface area (Å²) in [5, 5.41) is 4.28. The largest absolute Gasteiger partial charge is 0.324 e. The third kappa shape index (κ3) is 2.03. The second kappa shape index (κ2) is 4.21. The normalized spacial score (nSPS) is 13.0. The van der Waals surface area contributed by atoms with Crippen LogP contribution >= 0.6 is 22.7 Å². The maximum Gasteiger partial charge on any atom is 0.0794 e. The fraction of sp³-hybridized carbons (Fsp3) is 0.300. The Morgan fingerprint density at radius 3 is 2.93 bits per heavy atom. The molecule has 2 rings (SSSR count). The first-order chi connectivity index (χ1) is 6.77. The van der Waals surface area contributed by atoms with Crippen molar-refractivity contribution in [3.63, 3.8) is 0 Å². The molecule has 2 heterocycles. The Morgan fingerprint density at radius 1 is 1.50 bits per heavy atom. The molecular formula is C10H12N2S2. The number of hydrogen-bond acceptors (Lipinski definition) is 4. The number of aryl methyl sites for hydroxylation is 1. The van der Waals surface area contributed by atoms with Gasteiger partial charge in [-0.1, -0.05) is 0 Å². The first-order valence-electron chi connectivity index (χ1n) is 4.43. The highest BCUT2D eigenvalue weighted by Crippen LogP contribution is 2.23. The third-order valence-electron chi connectivity index (χ3n) is 2.20. The first-order valence-corrected chi connectivity index (χ1v) is 6.25. The molecule has 1 atom stereocenters. The average molecular weight is 224 g/mol. The summed E-state index contributed by atoms with van der Waals surface area (Å²) in [6, 6.07) is 0.113. The van der Waals surface area contributed by atoms with E-state index in [1.165, 1.54) is 16.0 Å². The van der Waals surface area contributed by atoms with Gasteiger partial charge < -0.3 is 5.73 Å². The molecule has 2 nitrogen and oxygen atoms in total. The number of nitrogens with two attached hydrogens (primary N) is 1. The second-order valence-corrected chi connectivity index (χ2v) is 5.00. The SMILES string of the molecule is Cc1cscc1C(N)Cc1cncs1. The van der Waals surface area contributed by atoms with Crippen LogP contribution < -0.4 is 5.73 Å². The molecule has 0 aromatic carbocycles. The average Bonchev–Trinajstić information content (AvgIpc) is 2.75. The van der Waals surface area contributed by atoms with E-state index < -0.39 is 0 Å². The molecule has 14 heavy (non-hydrogen) atoms. The summed E-state index contributed by atoms with van der Waals surface area (Å²) in [4.78, 5) is 5.30. The van der Waals surface area contributed by atoms with E-state index >= 15 is 0 Å². The van der Waals surface area contributed by atoms with Crippen LogP contribution in [0.2, 0.25) is 0 Å². The zero-order valence-corrected chi connectivity index (χ0v) is 9.57. The molecule has 2 aromatic heterocycles. The Labute approximate surface area is 91.4 Å². The van der Waals surface area contributed by atoms with E-state index in [4.69, 9.17) is 5.73 Å². The summed E-state index contributed by atoms with van der Waals surface area (Å²) in [5.74, 6) is 0. The quantitative estimate of drug-likeness (QED) is 0.870. The van der Waals surface area contributed by atoms with Gasteiger partial charge >= 0.3 is 0 Å². The van der Waals surface area contributed by atoms with Gasteiger partial charge in [0.05, 0.1) is 5.51 Å². The van der Waals surface area contributed by atoms with Crippen LogP contribution in [0.5, 0.6) is 0 Å². The highest BCUT2D eigenvalue weighted by Gasteiger charge is 2.11. The van der Waals surface area contributed by atoms with Gasteiger partial charge in [-0.15, -0.1) is 11.3 Å². The van der Waals surface area contributed by atoms with E-state index in [9.17, 15) is 0 Å². The standard InChI is InChI=1S/C10H12N2S2/c1-7-4-13-5-9(7)10(11)2-8-3-12-6-14-8/h3-6,10H,2,11H2,1H3. The van der Waals surface area contributed by atoms with E-state index in [0.29, 0.717) is 0 Å². The number of rotatable bonds is 3. The summed E-state index contributed by atoms with van der Waals surface area (Å²) in [7, 11) is 0. The van der Waals surface area contributed by atoms with Gasteiger partial charge in [0, 0.05) is 23.5 Å². The first kappa shape index (κ1) is 9.83. The van der Waals surface area contributed by atoms with Gasteiger partial charge in [-0.05, 0) is 28.8 Å². The molecule has 0 aliphatic carbocycles. The number of hydrogen-bond donors (Lipinski definition) is 1. The van der Waals surface area contributed by atoms with Crippen LogP contribution in [-0.4, -0.2) is 4.98 Å². The van der Waals surface area contributed by atoms with Crippen LogP contribution in [0.1, 0.15) is 22.0 Å². The van der Waals surface area contributed by atoms with Crippen LogP contribution in [0.3, 0.4) is 0 Å². The highest BCUT2D eigenvalue weighted by molar-refractivity contribution is 7.09. The topological polar surface area (TPSA) is 38.9 Å². The lowest BCUT2D eigenvalue weighted by Crippen LogP contribution is -2.12. The molecule has 0 spiro atoms. The van der Waals surface area contributed by atoms with Crippen molar-refractivity contribution in [3.8, 4) is 0 Å². The minimum atomic E-state index is 0.113. The van der Waals surface area contributed by atoms with Crippen LogP contribution in [0, 0.1) is 6.92 Å². The molecule has 0 radical (unpaired) electrons. The predicted octanol–water partition coefficient (Wildman–Crippen LogP) is 2.76. The van der Waals surface area contributed by atoms with Crippen molar-refractivity contribution in [1.29, 1.82) is 0 Å². The Morgan fingerprint density at radius 2 is 2.36 bits per heavy atom. The number of thiophene rings is 1. The van der Waals surface area contributed by atoms with Gasteiger partial charge in [0.25, 0.3) is 0 Å². The molecule has 1 unspecified atom stereocenters. The summed E-state index contributed by atoms with van der Waals surface area (Å²) in [5.41, 5.74) is 10.5. The Bertz CT molecular complexity index is 392. The van der Waals surface area contributed by atoms with Crippen molar-refractivity contribution in [1.82, 2.24) is 4.98 Å². The predicted molar refractivity (Wildman–Crippen MR) is 61.8 cm³/mol. The number of nitrogens with zero attached hydrogens (tertiary/aromatic N) is 1. The highest BCUT2D eigenvalue weighted by atomic mass is 32.1. The van der Waals surface area contributed by atoms with Crippen molar-refractivity contribution in [3.05, 3.63) is 38.5 Å². The van der Waals surface area contributed by atoms with Crippen molar-refractivity contribution >= 4 is 22.7 Å². The van der Waals surface area contributed by atoms with Crippen molar-refractivity contribution in [2.24, 2.45) is 5.73 Å². The van der Waals surface area contributed by atoms with Gasteiger partial charge in [0.1, 0.15) is 0 Å². The summed E-state index contributed by atoms with van der Waals surface area (Å²) < 4.78 is 0. The lowest BCUT2D eigenvalue weighted by atomic mass is 10.0. The van der Waals surface area contributed by atoms with Crippen LogP contribution in [0.15, 0.2) is 22.5 Å². The maximum absolute atomic E-state index is 6.12. The lowest BCUT2D eigenvalue weighted by Gasteiger charge is -2.09. The van der Waals surface area contributed by atoms with Gasteiger partial charge in [0.2, 0.25) is 0 Å². The second-order valence-electron chi connectivity index (χ2n) is 3.29. The van der Waals surface area contributed by atoms with E-state index in [1.54, 1.807) is 22.7 Å². The smallest absolute Gasteiger partial charge is 0.0794 e. The summed E-state index contributed by atoms with van der Waals surface area (Å²) >= 11 is 3.38. The molecule has 2 N–H and O–H groups in total. The van der Waals surface area contributed by atoms with Gasteiger partial charge in [-0.2, -0.15) is 11.3 Å². The van der Waals surface area contributed by atoms with E-state index in [2.05, 4.69) is 22.7 Å². The lowest BCUT2D eigenvalue weighted by molar-refractivity contribution is 0.727. The Hall–Kier alpha value is -0.710. The molecule has 0 saturated heterocycles. The molecule has 0 fully saturated rings. The maximum atomic E-state index is 6.12. The zero-order chi connectivity index (χ0) is 9.97. The molecule has 0 bridgehead atoms. The Kier molecular flexibility index (Phi) is 2.96. The number of aromatic nitrogens is 1. The van der Waals surface area contributed by atoms with Gasteiger partial charge in [-0.3, -0.25) is 4.98 Å².